The molecule has 0 aliphatic heterocycles. The molecule has 0 aliphatic rings. The molecule has 3 nitrogen and oxygen atoms in total. The van der Waals surface area contributed by atoms with Crippen LogP contribution in [0.25, 0.3) is 0 Å². The number of ether oxygens (including phenoxy) is 1. The molecule has 0 bridgehead atoms. The Morgan fingerprint density at radius 3 is 2.19 bits per heavy atom. The van der Waals surface area contributed by atoms with Gasteiger partial charge >= 0.3 is 5.97 Å². The zero-order chi connectivity index (χ0) is 19.1. The molecule has 0 aliphatic carbocycles. The van der Waals surface area contributed by atoms with E-state index in [-0.39, 0.29) is 12.4 Å². The van der Waals surface area contributed by atoms with Crippen molar-refractivity contribution in [3.8, 4) is 0 Å². The summed E-state index contributed by atoms with van der Waals surface area (Å²) < 4.78 is 6.16. The molecule has 0 atom stereocenters. The van der Waals surface area contributed by atoms with Crippen LogP contribution < -0.4 is 0 Å². The predicted molar refractivity (Wildman–Crippen MR) is 109 cm³/mol. The molecule has 27 heavy (non-hydrogen) atoms. The topological polar surface area (TPSA) is 43.4 Å². The van der Waals surface area contributed by atoms with Gasteiger partial charge in [0.2, 0.25) is 0 Å². The minimum Gasteiger partial charge on any atom is -0.454 e. The molecule has 4 heteroatoms. The molecule has 0 unspecified atom stereocenters. The van der Waals surface area contributed by atoms with Gasteiger partial charge in [0.25, 0.3) is 0 Å². The Morgan fingerprint density at radius 2 is 1.44 bits per heavy atom. The first-order chi connectivity index (χ1) is 13.1. The fourth-order valence-electron chi connectivity index (χ4n) is 2.79. The molecule has 0 amide bonds. The van der Waals surface area contributed by atoms with Gasteiger partial charge in [-0.3, -0.25) is 4.79 Å². The number of halogens is 1. The van der Waals surface area contributed by atoms with Gasteiger partial charge in [0.15, 0.2) is 12.4 Å². The monoisotopic (exact) mass is 422 g/mol. The lowest BCUT2D eigenvalue weighted by atomic mass is 10.00. The van der Waals surface area contributed by atoms with E-state index in [1.54, 1.807) is 36.4 Å². The van der Waals surface area contributed by atoms with Crippen molar-refractivity contribution < 1.29 is 14.3 Å². The summed E-state index contributed by atoms with van der Waals surface area (Å²) in [5, 5.41) is 0. The van der Waals surface area contributed by atoms with Crippen molar-refractivity contribution in [3.05, 3.63) is 106 Å². The number of ketones is 1. The van der Waals surface area contributed by atoms with Crippen LogP contribution in [0.2, 0.25) is 0 Å². The van der Waals surface area contributed by atoms with Crippen molar-refractivity contribution in [2.45, 2.75) is 12.8 Å². The van der Waals surface area contributed by atoms with Gasteiger partial charge in [-0.05, 0) is 42.2 Å². The Hall–Kier alpha value is -2.72. The van der Waals surface area contributed by atoms with Gasteiger partial charge in [-0.1, -0.05) is 76.6 Å². The summed E-state index contributed by atoms with van der Waals surface area (Å²) in [4.78, 5) is 24.7. The zero-order valence-corrected chi connectivity index (χ0v) is 16.3. The molecule has 3 aromatic carbocycles. The number of esters is 1. The number of benzene rings is 3. The maximum Gasteiger partial charge on any atom is 0.338 e. The van der Waals surface area contributed by atoms with Gasteiger partial charge in [-0.15, -0.1) is 0 Å². The summed E-state index contributed by atoms with van der Waals surface area (Å²) >= 11 is 3.33. The Labute approximate surface area is 167 Å². The number of aryl methyl sites for hydroxylation is 2. The van der Waals surface area contributed by atoms with Crippen LogP contribution in [-0.2, 0) is 17.6 Å². The van der Waals surface area contributed by atoms with Crippen molar-refractivity contribution in [1.82, 2.24) is 0 Å². The van der Waals surface area contributed by atoms with Crippen LogP contribution in [-0.4, -0.2) is 18.4 Å². The largest absolute Gasteiger partial charge is 0.454 e. The van der Waals surface area contributed by atoms with Crippen molar-refractivity contribution in [2.75, 3.05) is 6.61 Å². The van der Waals surface area contributed by atoms with Crippen LogP contribution in [0.15, 0.2) is 83.3 Å². The molecule has 3 rings (SSSR count). The number of carbonyl (C=O) groups is 2. The van der Waals surface area contributed by atoms with Gasteiger partial charge in [-0.25, -0.2) is 4.79 Å². The Morgan fingerprint density at radius 1 is 0.778 bits per heavy atom. The van der Waals surface area contributed by atoms with E-state index in [9.17, 15) is 9.59 Å². The number of Topliss-reactive ketones (excluding diaryl/α,β-unsaturated/α-hetero) is 1. The van der Waals surface area contributed by atoms with Crippen molar-refractivity contribution >= 4 is 27.7 Å². The van der Waals surface area contributed by atoms with Gasteiger partial charge in [-0.2, -0.15) is 0 Å². The molecule has 0 radical (unpaired) electrons. The smallest absolute Gasteiger partial charge is 0.338 e. The second-order valence-corrected chi connectivity index (χ2v) is 7.06. The molecule has 3 aromatic rings. The average Bonchev–Trinajstić information content (AvgIpc) is 2.71. The van der Waals surface area contributed by atoms with Crippen LogP contribution >= 0.6 is 15.9 Å². The van der Waals surface area contributed by atoms with E-state index in [0.29, 0.717) is 11.1 Å². The standard InChI is InChI=1S/C23H19BrO3/c24-20-14-12-19(13-15-20)22(25)16-27-23(26)21-9-5-4-8-18(21)11-10-17-6-2-1-3-7-17/h1-9,12-15H,10-11,16H2. The van der Waals surface area contributed by atoms with Gasteiger partial charge in [0.1, 0.15) is 0 Å². The zero-order valence-electron chi connectivity index (χ0n) is 14.7. The highest BCUT2D eigenvalue weighted by Crippen LogP contribution is 2.15. The van der Waals surface area contributed by atoms with Gasteiger partial charge in [0, 0.05) is 10.0 Å². The highest BCUT2D eigenvalue weighted by atomic mass is 79.9. The maximum atomic E-state index is 12.5. The van der Waals surface area contributed by atoms with Gasteiger partial charge in [0.05, 0.1) is 5.56 Å². The second kappa shape index (κ2) is 9.28. The predicted octanol–water partition coefficient (Wildman–Crippen LogP) is 5.27. The first-order valence-electron chi connectivity index (χ1n) is 8.71. The lowest BCUT2D eigenvalue weighted by molar-refractivity contribution is 0.0473. The van der Waals surface area contributed by atoms with Crippen LogP contribution in [0, 0.1) is 0 Å². The summed E-state index contributed by atoms with van der Waals surface area (Å²) in [5.74, 6) is -0.693. The molecule has 0 heterocycles. The van der Waals surface area contributed by atoms with Crippen LogP contribution in [0.1, 0.15) is 31.8 Å². The summed E-state index contributed by atoms with van der Waals surface area (Å²) in [6.07, 6.45) is 1.57. The quantitative estimate of drug-likeness (QED) is 0.384. The van der Waals surface area contributed by atoms with Crippen LogP contribution in [0.4, 0.5) is 0 Å². The third-order valence-corrected chi connectivity index (χ3v) is 4.79. The van der Waals surface area contributed by atoms with Crippen molar-refractivity contribution in [2.24, 2.45) is 0 Å². The van der Waals surface area contributed by atoms with E-state index < -0.39 is 5.97 Å². The van der Waals surface area contributed by atoms with Crippen LogP contribution in [0.5, 0.6) is 0 Å². The molecule has 0 saturated carbocycles. The lowest BCUT2D eigenvalue weighted by Crippen LogP contribution is -2.15. The normalized spacial score (nSPS) is 10.4. The minimum absolute atomic E-state index is 0.224. The van der Waals surface area contributed by atoms with E-state index in [2.05, 4.69) is 28.1 Å². The highest BCUT2D eigenvalue weighted by Gasteiger charge is 2.15. The van der Waals surface area contributed by atoms with E-state index in [1.807, 2.05) is 30.3 Å². The first kappa shape index (κ1) is 19.1. The molecular weight excluding hydrogens is 404 g/mol. The summed E-state index contributed by atoms with van der Waals surface area (Å²) in [7, 11) is 0. The second-order valence-electron chi connectivity index (χ2n) is 6.15. The Kier molecular flexibility index (Phi) is 6.55. The summed E-state index contributed by atoms with van der Waals surface area (Å²) in [6, 6.07) is 24.5. The number of carbonyl (C=O) groups excluding carboxylic acids is 2. The highest BCUT2D eigenvalue weighted by molar-refractivity contribution is 9.10. The van der Waals surface area contributed by atoms with E-state index in [1.165, 1.54) is 5.56 Å². The molecule has 0 fully saturated rings. The maximum absolute atomic E-state index is 12.5. The lowest BCUT2D eigenvalue weighted by Gasteiger charge is -2.10. The third kappa shape index (κ3) is 5.38. The molecule has 136 valence electrons. The molecule has 0 saturated heterocycles. The SMILES string of the molecule is O=C(COC(=O)c1ccccc1CCc1ccccc1)c1ccc(Br)cc1. The van der Waals surface area contributed by atoms with Crippen molar-refractivity contribution in [3.63, 3.8) is 0 Å². The average molecular weight is 423 g/mol. The minimum atomic E-state index is -0.468. The van der Waals surface area contributed by atoms with E-state index in [0.717, 1.165) is 22.9 Å². The Bertz CT molecular complexity index is 918. The molecule has 0 spiro atoms. The van der Waals surface area contributed by atoms with E-state index >= 15 is 0 Å². The Balaban J connectivity index is 1.62. The summed E-state index contributed by atoms with van der Waals surface area (Å²) in [5.41, 5.74) is 3.16. The first-order valence-corrected chi connectivity index (χ1v) is 9.50. The van der Waals surface area contributed by atoms with Gasteiger partial charge < -0.3 is 4.74 Å². The number of rotatable bonds is 7. The molecule has 0 N–H and O–H groups in total. The molecular formula is C23H19BrO3. The third-order valence-electron chi connectivity index (χ3n) is 4.26. The molecule has 0 aromatic heterocycles. The number of hydrogen-bond acceptors (Lipinski definition) is 3. The fourth-order valence-corrected chi connectivity index (χ4v) is 3.05. The summed E-state index contributed by atoms with van der Waals surface area (Å²) in [6.45, 7) is -0.270. The number of hydrogen-bond donors (Lipinski definition) is 0. The fraction of sp³-hybridized carbons (Fsp3) is 0.130. The van der Waals surface area contributed by atoms with Crippen molar-refractivity contribution in [1.29, 1.82) is 0 Å². The van der Waals surface area contributed by atoms with E-state index in [4.69, 9.17) is 4.74 Å². The van der Waals surface area contributed by atoms with Crippen LogP contribution in [0.3, 0.4) is 0 Å².